The third-order valence-corrected chi connectivity index (χ3v) is 6.01. The summed E-state index contributed by atoms with van der Waals surface area (Å²) in [7, 11) is 4.05. The number of rotatable bonds is 8. The monoisotopic (exact) mass is 452 g/mol. The Labute approximate surface area is 196 Å². The first-order chi connectivity index (χ1) is 15.2. The highest BCUT2D eigenvalue weighted by molar-refractivity contribution is 6.30. The second kappa shape index (κ2) is 10.2. The Morgan fingerprint density at radius 1 is 1.03 bits per heavy atom. The minimum absolute atomic E-state index is 0.00268. The van der Waals surface area contributed by atoms with Crippen molar-refractivity contribution in [3.05, 3.63) is 76.4 Å². The van der Waals surface area contributed by atoms with Gasteiger partial charge in [-0.2, -0.15) is 5.10 Å². The van der Waals surface area contributed by atoms with Crippen molar-refractivity contribution in [2.24, 2.45) is 0 Å². The lowest BCUT2D eigenvalue weighted by atomic mass is 10.0. The number of amides is 1. The molecular formula is C26H33ClN4O. The Balaban J connectivity index is 2.12. The van der Waals surface area contributed by atoms with E-state index in [1.54, 1.807) is 24.3 Å². The van der Waals surface area contributed by atoms with E-state index in [4.69, 9.17) is 16.7 Å². The average molecular weight is 453 g/mol. The van der Waals surface area contributed by atoms with E-state index in [2.05, 4.69) is 44.7 Å². The molecule has 170 valence electrons. The van der Waals surface area contributed by atoms with Crippen molar-refractivity contribution < 1.29 is 4.79 Å². The predicted octanol–water partition coefficient (Wildman–Crippen LogP) is 6.16. The molecule has 3 aromatic rings. The van der Waals surface area contributed by atoms with E-state index < -0.39 is 0 Å². The van der Waals surface area contributed by atoms with Gasteiger partial charge in [-0.05, 0) is 55.7 Å². The summed E-state index contributed by atoms with van der Waals surface area (Å²) >= 11 is 6.05. The Bertz CT molecular complexity index is 1040. The highest BCUT2D eigenvalue weighted by Gasteiger charge is 2.28. The summed E-state index contributed by atoms with van der Waals surface area (Å²) in [5, 5.41) is 5.63. The molecule has 0 spiro atoms. The first-order valence-corrected chi connectivity index (χ1v) is 11.5. The van der Waals surface area contributed by atoms with Crippen LogP contribution in [0.3, 0.4) is 0 Å². The van der Waals surface area contributed by atoms with E-state index in [-0.39, 0.29) is 17.9 Å². The number of halogens is 1. The largest absolute Gasteiger partial charge is 0.362 e. The standard InChI is InChI=1S/C26H33ClN4O/c1-7-19(4)30(26(32)20-13-15-21(27)16-14-20)17-23-24(18(2)3)28-31(25(23)29(5)6)22-11-9-8-10-12-22/h8-16,18-19H,7,17H2,1-6H3. The number of carbonyl (C=O) groups is 1. The van der Waals surface area contributed by atoms with E-state index in [1.165, 1.54) is 0 Å². The van der Waals surface area contributed by atoms with Crippen LogP contribution in [-0.4, -0.2) is 40.7 Å². The maximum Gasteiger partial charge on any atom is 0.254 e. The first-order valence-electron chi connectivity index (χ1n) is 11.2. The predicted molar refractivity (Wildman–Crippen MR) is 133 cm³/mol. The molecule has 0 fully saturated rings. The summed E-state index contributed by atoms with van der Waals surface area (Å²) in [6.45, 7) is 8.99. The van der Waals surface area contributed by atoms with Gasteiger partial charge >= 0.3 is 0 Å². The quantitative estimate of drug-likeness (QED) is 0.411. The molecule has 0 aliphatic carbocycles. The molecule has 0 aliphatic rings. The lowest BCUT2D eigenvalue weighted by Crippen LogP contribution is -2.38. The molecule has 1 amide bonds. The van der Waals surface area contributed by atoms with Crippen LogP contribution in [0.1, 0.15) is 61.6 Å². The van der Waals surface area contributed by atoms with Crippen LogP contribution in [0.25, 0.3) is 5.69 Å². The minimum atomic E-state index is 0.00268. The highest BCUT2D eigenvalue weighted by atomic mass is 35.5. The molecule has 1 unspecified atom stereocenters. The van der Waals surface area contributed by atoms with Gasteiger partial charge in [0.15, 0.2) is 0 Å². The summed E-state index contributed by atoms with van der Waals surface area (Å²) in [5.74, 6) is 1.22. The fraction of sp³-hybridized carbons (Fsp3) is 0.385. The first kappa shape index (κ1) is 23.9. The van der Waals surface area contributed by atoms with Gasteiger partial charge < -0.3 is 9.80 Å². The van der Waals surface area contributed by atoms with Crippen LogP contribution in [0.2, 0.25) is 5.02 Å². The van der Waals surface area contributed by atoms with Gasteiger partial charge in [-0.15, -0.1) is 0 Å². The van der Waals surface area contributed by atoms with Gasteiger partial charge in [0.1, 0.15) is 5.82 Å². The number of hydrogen-bond donors (Lipinski definition) is 0. The van der Waals surface area contributed by atoms with Crippen molar-refractivity contribution >= 4 is 23.3 Å². The van der Waals surface area contributed by atoms with Crippen molar-refractivity contribution in [2.45, 2.75) is 52.6 Å². The minimum Gasteiger partial charge on any atom is -0.362 e. The SMILES string of the molecule is CCC(C)N(Cc1c(C(C)C)nn(-c2ccccc2)c1N(C)C)C(=O)c1ccc(Cl)cc1. The molecule has 5 nitrogen and oxygen atoms in total. The van der Waals surface area contributed by atoms with Crippen molar-refractivity contribution in [3.8, 4) is 5.69 Å². The molecule has 0 N–H and O–H groups in total. The molecule has 1 atom stereocenters. The maximum atomic E-state index is 13.5. The number of hydrogen-bond acceptors (Lipinski definition) is 3. The number of nitrogens with zero attached hydrogens (tertiary/aromatic N) is 4. The fourth-order valence-electron chi connectivity index (χ4n) is 3.86. The maximum absolute atomic E-state index is 13.5. The van der Waals surface area contributed by atoms with Gasteiger partial charge in [-0.25, -0.2) is 4.68 Å². The van der Waals surface area contributed by atoms with E-state index >= 15 is 0 Å². The van der Waals surface area contributed by atoms with Crippen LogP contribution in [0.5, 0.6) is 0 Å². The number of aromatic nitrogens is 2. The van der Waals surface area contributed by atoms with Gasteiger partial charge in [-0.1, -0.05) is 50.6 Å². The zero-order valence-electron chi connectivity index (χ0n) is 19.8. The molecule has 0 saturated carbocycles. The van der Waals surface area contributed by atoms with E-state index in [0.29, 0.717) is 17.1 Å². The molecule has 2 aromatic carbocycles. The Kier molecular flexibility index (Phi) is 7.62. The smallest absolute Gasteiger partial charge is 0.254 e. The average Bonchev–Trinajstić information content (AvgIpc) is 3.17. The summed E-state index contributed by atoms with van der Waals surface area (Å²) in [6, 6.07) is 17.3. The molecule has 1 aromatic heterocycles. The van der Waals surface area contributed by atoms with Crippen LogP contribution in [0, 0.1) is 0 Å². The van der Waals surface area contributed by atoms with Crippen molar-refractivity contribution in [1.29, 1.82) is 0 Å². The van der Waals surface area contributed by atoms with Gasteiger partial charge in [0.2, 0.25) is 0 Å². The zero-order valence-corrected chi connectivity index (χ0v) is 20.6. The van der Waals surface area contributed by atoms with Gasteiger partial charge in [0.05, 0.1) is 17.9 Å². The molecule has 1 heterocycles. The van der Waals surface area contributed by atoms with Crippen LogP contribution < -0.4 is 4.90 Å². The zero-order chi connectivity index (χ0) is 23.4. The summed E-state index contributed by atoms with van der Waals surface area (Å²) in [4.78, 5) is 17.6. The number of para-hydroxylation sites is 1. The second-order valence-corrected chi connectivity index (χ2v) is 9.12. The van der Waals surface area contributed by atoms with E-state index in [0.717, 1.165) is 29.2 Å². The molecular weight excluding hydrogens is 420 g/mol. The Morgan fingerprint density at radius 2 is 1.66 bits per heavy atom. The molecule has 3 rings (SSSR count). The normalized spacial score (nSPS) is 12.1. The van der Waals surface area contributed by atoms with Gasteiger partial charge in [-0.3, -0.25) is 4.79 Å². The third-order valence-electron chi connectivity index (χ3n) is 5.76. The topological polar surface area (TPSA) is 41.4 Å². The molecule has 32 heavy (non-hydrogen) atoms. The fourth-order valence-corrected chi connectivity index (χ4v) is 3.98. The molecule has 0 aliphatic heterocycles. The summed E-state index contributed by atoms with van der Waals surface area (Å²) < 4.78 is 1.99. The van der Waals surface area contributed by atoms with E-state index in [1.807, 2.05) is 41.9 Å². The lowest BCUT2D eigenvalue weighted by molar-refractivity contribution is 0.0671. The van der Waals surface area contributed by atoms with Gasteiger partial charge in [0, 0.05) is 36.3 Å². The molecule has 0 radical (unpaired) electrons. The number of carbonyl (C=O) groups excluding carboxylic acids is 1. The second-order valence-electron chi connectivity index (χ2n) is 8.68. The highest BCUT2D eigenvalue weighted by Crippen LogP contribution is 2.32. The lowest BCUT2D eigenvalue weighted by Gasteiger charge is -2.30. The van der Waals surface area contributed by atoms with Crippen LogP contribution in [-0.2, 0) is 6.54 Å². The third kappa shape index (κ3) is 4.99. The van der Waals surface area contributed by atoms with Crippen LogP contribution >= 0.6 is 11.6 Å². The Hall–Kier alpha value is -2.79. The summed E-state index contributed by atoms with van der Waals surface area (Å²) in [6.07, 6.45) is 0.862. The Morgan fingerprint density at radius 3 is 2.19 bits per heavy atom. The number of anilines is 1. The van der Waals surface area contributed by atoms with Crippen LogP contribution in [0.15, 0.2) is 54.6 Å². The van der Waals surface area contributed by atoms with Crippen molar-refractivity contribution in [1.82, 2.24) is 14.7 Å². The van der Waals surface area contributed by atoms with Crippen molar-refractivity contribution in [2.75, 3.05) is 19.0 Å². The number of benzene rings is 2. The van der Waals surface area contributed by atoms with Crippen LogP contribution in [0.4, 0.5) is 5.82 Å². The van der Waals surface area contributed by atoms with Crippen molar-refractivity contribution in [3.63, 3.8) is 0 Å². The molecule has 0 saturated heterocycles. The molecule has 0 bridgehead atoms. The molecule has 6 heteroatoms. The summed E-state index contributed by atoms with van der Waals surface area (Å²) in [5.41, 5.74) is 3.73. The van der Waals surface area contributed by atoms with E-state index in [9.17, 15) is 4.79 Å². The van der Waals surface area contributed by atoms with Gasteiger partial charge in [0.25, 0.3) is 5.91 Å².